The molecule has 28 heavy (non-hydrogen) atoms. The maximum atomic E-state index is 12.2. The van der Waals surface area contributed by atoms with Crippen molar-refractivity contribution < 1.29 is 14.3 Å². The largest absolute Gasteiger partial charge is 0.493 e. The molecule has 3 aromatic rings. The Balaban J connectivity index is 1.51. The zero-order valence-corrected chi connectivity index (χ0v) is 17.3. The molecule has 0 saturated carbocycles. The topological polar surface area (TPSA) is 60.5 Å². The highest BCUT2D eigenvalue weighted by Gasteiger charge is 2.10. The van der Waals surface area contributed by atoms with E-state index in [1.807, 2.05) is 47.8 Å². The summed E-state index contributed by atoms with van der Waals surface area (Å²) in [5, 5.41) is 6.37. The van der Waals surface area contributed by atoms with Crippen LogP contribution in [0.25, 0.3) is 10.6 Å². The molecule has 3 rings (SSSR count). The summed E-state index contributed by atoms with van der Waals surface area (Å²) in [7, 11) is 3.21. The van der Waals surface area contributed by atoms with Crippen molar-refractivity contribution in [2.75, 3.05) is 20.8 Å². The van der Waals surface area contributed by atoms with E-state index in [9.17, 15) is 4.79 Å². The number of nitrogens with one attached hydrogen (secondary N) is 1. The van der Waals surface area contributed by atoms with E-state index >= 15 is 0 Å². The number of hydrogen-bond donors (Lipinski definition) is 1. The SMILES string of the molecule is COc1ccc(CCNC(=O)Cc2csc(-c3cccc(Cl)c3)n2)cc1OC. The smallest absolute Gasteiger partial charge is 0.226 e. The number of nitrogens with zero attached hydrogens (tertiary/aromatic N) is 1. The molecule has 0 atom stereocenters. The molecule has 0 radical (unpaired) electrons. The summed E-state index contributed by atoms with van der Waals surface area (Å²) in [5.41, 5.74) is 2.77. The number of aromatic nitrogens is 1. The molecule has 0 bridgehead atoms. The summed E-state index contributed by atoms with van der Waals surface area (Å²) >= 11 is 7.53. The minimum Gasteiger partial charge on any atom is -0.493 e. The second-order valence-electron chi connectivity index (χ2n) is 6.12. The van der Waals surface area contributed by atoms with Crippen molar-refractivity contribution >= 4 is 28.8 Å². The van der Waals surface area contributed by atoms with Gasteiger partial charge in [0.25, 0.3) is 0 Å². The van der Waals surface area contributed by atoms with Gasteiger partial charge in [-0.05, 0) is 36.2 Å². The van der Waals surface area contributed by atoms with Crippen LogP contribution in [0.15, 0.2) is 47.8 Å². The average Bonchev–Trinajstić information content (AvgIpc) is 3.16. The van der Waals surface area contributed by atoms with Gasteiger partial charge in [-0.1, -0.05) is 29.8 Å². The van der Waals surface area contributed by atoms with Crippen molar-refractivity contribution in [1.82, 2.24) is 10.3 Å². The third kappa shape index (κ3) is 5.24. The summed E-state index contributed by atoms with van der Waals surface area (Å²) in [6, 6.07) is 13.3. The predicted molar refractivity (Wildman–Crippen MR) is 113 cm³/mol. The fourth-order valence-corrected chi connectivity index (χ4v) is 3.76. The van der Waals surface area contributed by atoms with Crippen LogP contribution in [0.5, 0.6) is 11.5 Å². The number of rotatable bonds is 8. The molecule has 0 aliphatic heterocycles. The Morgan fingerprint density at radius 1 is 1.14 bits per heavy atom. The van der Waals surface area contributed by atoms with Gasteiger partial charge in [0.15, 0.2) is 11.5 Å². The molecule has 0 aliphatic rings. The van der Waals surface area contributed by atoms with Gasteiger partial charge in [-0.3, -0.25) is 4.79 Å². The van der Waals surface area contributed by atoms with Gasteiger partial charge in [-0.25, -0.2) is 4.98 Å². The second-order valence-corrected chi connectivity index (χ2v) is 7.41. The highest BCUT2D eigenvalue weighted by molar-refractivity contribution is 7.13. The van der Waals surface area contributed by atoms with E-state index < -0.39 is 0 Å². The van der Waals surface area contributed by atoms with Gasteiger partial charge in [-0.2, -0.15) is 0 Å². The number of amides is 1. The normalized spacial score (nSPS) is 10.5. The van der Waals surface area contributed by atoms with Crippen LogP contribution >= 0.6 is 22.9 Å². The van der Waals surface area contributed by atoms with Crippen LogP contribution in [0, 0.1) is 0 Å². The zero-order valence-electron chi connectivity index (χ0n) is 15.7. The molecular formula is C21H21ClN2O3S. The zero-order chi connectivity index (χ0) is 19.9. The Morgan fingerprint density at radius 3 is 2.71 bits per heavy atom. The van der Waals surface area contributed by atoms with Crippen LogP contribution in [-0.2, 0) is 17.6 Å². The van der Waals surface area contributed by atoms with E-state index in [1.54, 1.807) is 14.2 Å². The minimum atomic E-state index is -0.0524. The highest BCUT2D eigenvalue weighted by atomic mass is 35.5. The molecule has 7 heteroatoms. The predicted octanol–water partition coefficient (Wildman–Crippen LogP) is 4.38. The van der Waals surface area contributed by atoms with E-state index in [0.717, 1.165) is 21.8 Å². The molecular weight excluding hydrogens is 396 g/mol. The summed E-state index contributed by atoms with van der Waals surface area (Å²) < 4.78 is 10.5. The van der Waals surface area contributed by atoms with Gasteiger partial charge >= 0.3 is 0 Å². The first kappa shape index (κ1) is 20.2. The molecule has 1 heterocycles. The highest BCUT2D eigenvalue weighted by Crippen LogP contribution is 2.28. The van der Waals surface area contributed by atoms with E-state index in [4.69, 9.17) is 21.1 Å². The summed E-state index contributed by atoms with van der Waals surface area (Å²) in [5.74, 6) is 1.32. The second kappa shape index (κ2) is 9.57. The lowest BCUT2D eigenvalue weighted by molar-refractivity contribution is -0.120. The molecule has 1 amide bonds. The molecule has 0 spiro atoms. The van der Waals surface area contributed by atoms with Crippen LogP contribution in [0.1, 0.15) is 11.3 Å². The molecule has 0 aliphatic carbocycles. The van der Waals surface area contributed by atoms with E-state index in [1.165, 1.54) is 11.3 Å². The Kier molecular flexibility index (Phi) is 6.90. The molecule has 0 saturated heterocycles. The molecule has 1 N–H and O–H groups in total. The Labute approximate surface area is 173 Å². The van der Waals surface area contributed by atoms with Gasteiger partial charge in [0.05, 0.1) is 26.3 Å². The van der Waals surface area contributed by atoms with Gasteiger partial charge < -0.3 is 14.8 Å². The lowest BCUT2D eigenvalue weighted by Gasteiger charge is -2.10. The van der Waals surface area contributed by atoms with Gasteiger partial charge in [0, 0.05) is 22.5 Å². The first-order chi connectivity index (χ1) is 13.6. The maximum Gasteiger partial charge on any atom is 0.226 e. The molecule has 0 unspecified atom stereocenters. The number of carbonyl (C=O) groups excluding carboxylic acids is 1. The molecule has 2 aromatic carbocycles. The third-order valence-corrected chi connectivity index (χ3v) is 5.32. The van der Waals surface area contributed by atoms with Gasteiger partial charge in [0.1, 0.15) is 5.01 Å². The molecule has 1 aromatic heterocycles. The Hall–Kier alpha value is -2.57. The molecule has 146 valence electrons. The molecule has 0 fully saturated rings. The fourth-order valence-electron chi connectivity index (χ4n) is 2.75. The number of halogens is 1. The van der Waals surface area contributed by atoms with Crippen LogP contribution < -0.4 is 14.8 Å². The standard InChI is InChI=1S/C21H21ClN2O3S/c1-26-18-7-6-14(10-19(18)27-2)8-9-23-20(25)12-17-13-28-21(24-17)15-4-3-5-16(22)11-15/h3-7,10-11,13H,8-9,12H2,1-2H3,(H,23,25). The van der Waals surface area contributed by atoms with Crippen LogP contribution in [0.4, 0.5) is 0 Å². The number of hydrogen-bond acceptors (Lipinski definition) is 5. The van der Waals surface area contributed by atoms with Crippen molar-refractivity contribution in [2.45, 2.75) is 12.8 Å². The first-order valence-corrected chi connectivity index (χ1v) is 10.0. The lowest BCUT2D eigenvalue weighted by atomic mass is 10.1. The maximum absolute atomic E-state index is 12.2. The fraction of sp³-hybridized carbons (Fsp3) is 0.238. The average molecular weight is 417 g/mol. The Bertz CT molecular complexity index is 958. The van der Waals surface area contributed by atoms with E-state index in [2.05, 4.69) is 10.3 Å². The van der Waals surface area contributed by atoms with Gasteiger partial charge in [0.2, 0.25) is 5.91 Å². The van der Waals surface area contributed by atoms with Crippen LogP contribution in [0.2, 0.25) is 5.02 Å². The first-order valence-electron chi connectivity index (χ1n) is 8.77. The molecule has 5 nitrogen and oxygen atoms in total. The quantitative estimate of drug-likeness (QED) is 0.591. The van der Waals surface area contributed by atoms with Gasteiger partial charge in [-0.15, -0.1) is 11.3 Å². The number of thiazole rings is 1. The number of benzene rings is 2. The van der Waals surface area contributed by atoms with Crippen LogP contribution in [0.3, 0.4) is 0 Å². The van der Waals surface area contributed by atoms with Crippen molar-refractivity contribution in [1.29, 1.82) is 0 Å². The van der Waals surface area contributed by atoms with E-state index in [-0.39, 0.29) is 12.3 Å². The number of ether oxygens (including phenoxy) is 2. The van der Waals surface area contributed by atoms with Crippen molar-refractivity contribution in [3.05, 3.63) is 64.1 Å². The lowest BCUT2D eigenvalue weighted by Crippen LogP contribution is -2.27. The summed E-state index contributed by atoms with van der Waals surface area (Å²) in [6.07, 6.45) is 0.958. The van der Waals surface area contributed by atoms with E-state index in [0.29, 0.717) is 29.5 Å². The van der Waals surface area contributed by atoms with Crippen molar-refractivity contribution in [2.24, 2.45) is 0 Å². The monoisotopic (exact) mass is 416 g/mol. The minimum absolute atomic E-state index is 0.0524. The summed E-state index contributed by atoms with van der Waals surface area (Å²) in [6.45, 7) is 0.541. The van der Waals surface area contributed by atoms with Crippen molar-refractivity contribution in [3.63, 3.8) is 0 Å². The summed E-state index contributed by atoms with van der Waals surface area (Å²) in [4.78, 5) is 16.8. The number of methoxy groups -OCH3 is 2. The number of carbonyl (C=O) groups is 1. The van der Waals surface area contributed by atoms with Crippen molar-refractivity contribution in [3.8, 4) is 22.1 Å². The van der Waals surface area contributed by atoms with Crippen LogP contribution in [-0.4, -0.2) is 31.7 Å². The third-order valence-electron chi connectivity index (χ3n) is 4.15. The Morgan fingerprint density at radius 2 is 1.96 bits per heavy atom.